The number of carbonyl (C=O) groups is 3. The standard InChI is InChI=1S/C16H19N5O5S/c1-26-12-7-10(6-11-13(22)20-16(25)27-11)18-14(19-12)21-4-2-9(3-5-21)8-17-15(23)24/h6-7,9,17H,2-5,8H2,1H3,(H,23,24)(H,20,22,25). The molecule has 1 aromatic heterocycles. The van der Waals surface area contributed by atoms with Crippen molar-refractivity contribution in [1.29, 1.82) is 0 Å². The molecule has 0 saturated carbocycles. The molecule has 3 heterocycles. The van der Waals surface area contributed by atoms with Crippen LogP contribution in [0.5, 0.6) is 5.88 Å². The second kappa shape index (κ2) is 8.25. The lowest BCUT2D eigenvalue weighted by molar-refractivity contribution is -0.115. The first-order valence-corrected chi connectivity index (χ1v) is 9.16. The summed E-state index contributed by atoms with van der Waals surface area (Å²) in [6.07, 6.45) is 2.13. The molecule has 0 aromatic carbocycles. The van der Waals surface area contributed by atoms with Crippen LogP contribution in [0.4, 0.5) is 15.5 Å². The molecule has 11 heteroatoms. The molecule has 0 aliphatic carbocycles. The van der Waals surface area contributed by atoms with E-state index in [2.05, 4.69) is 20.6 Å². The number of nitrogens with zero attached hydrogens (tertiary/aromatic N) is 3. The van der Waals surface area contributed by atoms with Crippen LogP contribution >= 0.6 is 11.8 Å². The molecule has 10 nitrogen and oxygen atoms in total. The van der Waals surface area contributed by atoms with E-state index in [0.717, 1.165) is 24.6 Å². The maximum atomic E-state index is 11.7. The molecular formula is C16H19N5O5S. The Balaban J connectivity index is 1.73. The van der Waals surface area contributed by atoms with Crippen LogP contribution in [0.25, 0.3) is 6.08 Å². The number of methoxy groups -OCH3 is 1. The summed E-state index contributed by atoms with van der Waals surface area (Å²) < 4.78 is 5.23. The summed E-state index contributed by atoms with van der Waals surface area (Å²) in [6.45, 7) is 1.80. The van der Waals surface area contributed by atoms with Crippen LogP contribution in [0.15, 0.2) is 11.0 Å². The van der Waals surface area contributed by atoms with E-state index in [1.165, 1.54) is 13.2 Å². The highest BCUT2D eigenvalue weighted by atomic mass is 32.2. The van der Waals surface area contributed by atoms with Crippen molar-refractivity contribution in [3.8, 4) is 5.88 Å². The number of carboxylic acid groups (broad SMARTS) is 1. The molecule has 3 N–H and O–H groups in total. The van der Waals surface area contributed by atoms with Gasteiger partial charge in [-0.15, -0.1) is 0 Å². The van der Waals surface area contributed by atoms with E-state index in [9.17, 15) is 14.4 Å². The average Bonchev–Trinajstić information content (AvgIpc) is 2.97. The topological polar surface area (TPSA) is 134 Å². The van der Waals surface area contributed by atoms with E-state index in [1.54, 1.807) is 6.07 Å². The van der Waals surface area contributed by atoms with Crippen molar-refractivity contribution in [2.45, 2.75) is 12.8 Å². The summed E-state index contributed by atoms with van der Waals surface area (Å²) in [5.74, 6) is 0.654. The highest BCUT2D eigenvalue weighted by Gasteiger charge is 2.26. The average molecular weight is 393 g/mol. The van der Waals surface area contributed by atoms with E-state index in [0.29, 0.717) is 37.2 Å². The number of ether oxygens (including phenoxy) is 1. The predicted octanol–water partition coefficient (Wildman–Crippen LogP) is 1.29. The number of anilines is 1. The van der Waals surface area contributed by atoms with Crippen molar-refractivity contribution >= 4 is 41.0 Å². The molecule has 144 valence electrons. The van der Waals surface area contributed by atoms with Crippen LogP contribution in [0.2, 0.25) is 0 Å². The quantitative estimate of drug-likeness (QED) is 0.633. The summed E-state index contributed by atoms with van der Waals surface area (Å²) in [5, 5.41) is 12.9. The maximum Gasteiger partial charge on any atom is 0.404 e. The molecule has 2 fully saturated rings. The molecule has 1 aromatic rings. The zero-order valence-corrected chi connectivity index (χ0v) is 15.4. The Bertz CT molecular complexity index is 791. The summed E-state index contributed by atoms with van der Waals surface area (Å²) in [5.41, 5.74) is 0.471. The van der Waals surface area contributed by atoms with Gasteiger partial charge in [0.25, 0.3) is 11.1 Å². The number of carbonyl (C=O) groups excluding carboxylic acids is 2. The fourth-order valence-electron chi connectivity index (χ4n) is 2.87. The minimum absolute atomic E-state index is 0.269. The van der Waals surface area contributed by atoms with Crippen molar-refractivity contribution in [1.82, 2.24) is 20.6 Å². The number of thioether (sulfide) groups is 1. The lowest BCUT2D eigenvalue weighted by atomic mass is 9.97. The van der Waals surface area contributed by atoms with Crippen molar-refractivity contribution in [2.75, 3.05) is 31.6 Å². The number of rotatable bonds is 5. The molecule has 27 heavy (non-hydrogen) atoms. The Kier molecular flexibility index (Phi) is 5.79. The molecule has 3 rings (SSSR count). The van der Waals surface area contributed by atoms with Crippen LogP contribution in [0.3, 0.4) is 0 Å². The SMILES string of the molecule is COc1cc(C=C2SC(=O)NC2=O)nc(N2CCC(CNC(=O)O)CC2)n1. The van der Waals surface area contributed by atoms with Gasteiger partial charge in [0, 0.05) is 25.7 Å². The van der Waals surface area contributed by atoms with Crippen molar-refractivity contribution < 1.29 is 24.2 Å². The first-order valence-electron chi connectivity index (χ1n) is 8.34. The van der Waals surface area contributed by atoms with Gasteiger partial charge in [-0.3, -0.25) is 14.9 Å². The van der Waals surface area contributed by atoms with Gasteiger partial charge in [-0.25, -0.2) is 9.78 Å². The molecule has 0 spiro atoms. The summed E-state index contributed by atoms with van der Waals surface area (Å²) >= 11 is 0.823. The Morgan fingerprint density at radius 1 is 1.44 bits per heavy atom. The van der Waals surface area contributed by atoms with Gasteiger partial charge < -0.3 is 20.1 Å². The highest BCUT2D eigenvalue weighted by Crippen LogP contribution is 2.27. The zero-order chi connectivity index (χ0) is 19.4. The van der Waals surface area contributed by atoms with Crippen molar-refractivity contribution in [3.05, 3.63) is 16.7 Å². The summed E-state index contributed by atoms with van der Waals surface area (Å²) in [4.78, 5) is 44.7. The predicted molar refractivity (Wildman–Crippen MR) is 98.7 cm³/mol. The first kappa shape index (κ1) is 19.0. The van der Waals surface area contributed by atoms with Crippen LogP contribution in [-0.4, -0.2) is 59.1 Å². The second-order valence-corrected chi connectivity index (χ2v) is 7.12. The monoisotopic (exact) mass is 393 g/mol. The molecule has 0 atom stereocenters. The Morgan fingerprint density at radius 3 is 2.78 bits per heavy atom. The molecular weight excluding hydrogens is 374 g/mol. The second-order valence-electron chi connectivity index (χ2n) is 6.10. The fourth-order valence-corrected chi connectivity index (χ4v) is 3.54. The summed E-state index contributed by atoms with van der Waals surface area (Å²) in [7, 11) is 1.49. The van der Waals surface area contributed by atoms with Gasteiger partial charge in [0.15, 0.2) is 0 Å². The van der Waals surface area contributed by atoms with Crippen LogP contribution in [0, 0.1) is 5.92 Å². The number of amides is 3. The molecule has 3 amide bonds. The van der Waals surface area contributed by atoms with Crippen molar-refractivity contribution in [3.63, 3.8) is 0 Å². The minimum Gasteiger partial charge on any atom is -0.481 e. The number of hydrogen-bond donors (Lipinski definition) is 3. The lowest BCUT2D eigenvalue weighted by Gasteiger charge is -2.32. The minimum atomic E-state index is -1.02. The zero-order valence-electron chi connectivity index (χ0n) is 14.6. The van der Waals surface area contributed by atoms with Gasteiger partial charge in [0.2, 0.25) is 11.8 Å². The largest absolute Gasteiger partial charge is 0.481 e. The number of imide groups is 1. The Morgan fingerprint density at radius 2 is 2.19 bits per heavy atom. The Hall–Kier alpha value is -2.82. The summed E-state index contributed by atoms with van der Waals surface area (Å²) in [6, 6.07) is 1.59. The normalized spacial score (nSPS) is 19.3. The number of piperidine rings is 1. The lowest BCUT2D eigenvalue weighted by Crippen LogP contribution is -2.39. The van der Waals surface area contributed by atoms with Gasteiger partial charge in [0.05, 0.1) is 17.7 Å². The van der Waals surface area contributed by atoms with Gasteiger partial charge in [-0.05, 0) is 36.6 Å². The number of nitrogens with one attached hydrogen (secondary N) is 2. The maximum absolute atomic E-state index is 11.7. The van der Waals surface area contributed by atoms with E-state index in [1.807, 2.05) is 4.90 Å². The number of hydrogen-bond acceptors (Lipinski definition) is 8. The Labute approximate surface area is 159 Å². The van der Waals surface area contributed by atoms with E-state index >= 15 is 0 Å². The van der Waals surface area contributed by atoms with E-state index < -0.39 is 17.2 Å². The third-order valence-corrected chi connectivity index (χ3v) is 5.09. The molecule has 0 unspecified atom stereocenters. The fraction of sp³-hybridized carbons (Fsp3) is 0.438. The van der Waals surface area contributed by atoms with E-state index in [-0.39, 0.29) is 10.8 Å². The third kappa shape index (κ3) is 4.88. The smallest absolute Gasteiger partial charge is 0.404 e. The van der Waals surface area contributed by atoms with Crippen molar-refractivity contribution in [2.24, 2.45) is 5.92 Å². The van der Waals surface area contributed by atoms with Gasteiger partial charge in [-0.1, -0.05) is 0 Å². The van der Waals surface area contributed by atoms with Crippen LogP contribution in [-0.2, 0) is 4.79 Å². The van der Waals surface area contributed by atoms with Gasteiger partial charge >= 0.3 is 6.09 Å². The third-order valence-electron chi connectivity index (χ3n) is 4.28. The molecule has 0 bridgehead atoms. The number of aromatic nitrogens is 2. The molecule has 2 aliphatic rings. The van der Waals surface area contributed by atoms with Gasteiger partial charge in [-0.2, -0.15) is 4.98 Å². The van der Waals surface area contributed by atoms with Crippen LogP contribution < -0.4 is 20.3 Å². The molecule has 2 saturated heterocycles. The van der Waals surface area contributed by atoms with E-state index in [4.69, 9.17) is 9.84 Å². The van der Waals surface area contributed by atoms with Crippen LogP contribution in [0.1, 0.15) is 18.5 Å². The van der Waals surface area contributed by atoms with Gasteiger partial charge in [0.1, 0.15) is 0 Å². The first-order chi connectivity index (χ1) is 12.9. The molecule has 2 aliphatic heterocycles. The molecule has 0 radical (unpaired) electrons. The highest BCUT2D eigenvalue weighted by molar-refractivity contribution is 8.18.